The predicted octanol–water partition coefficient (Wildman–Crippen LogP) is 0.845. The van der Waals surface area contributed by atoms with Crippen molar-refractivity contribution in [2.45, 2.75) is 24.7 Å². The van der Waals surface area contributed by atoms with E-state index in [0.29, 0.717) is 24.3 Å². The van der Waals surface area contributed by atoms with Crippen molar-refractivity contribution in [2.75, 3.05) is 19.3 Å². The Hall–Kier alpha value is -0.470. The number of aromatic nitrogens is 3. The first-order valence-electron chi connectivity index (χ1n) is 5.89. The van der Waals surface area contributed by atoms with Crippen LogP contribution in [0.5, 0.6) is 0 Å². The maximum absolute atomic E-state index is 11.5. The van der Waals surface area contributed by atoms with Crippen LogP contribution in [0.15, 0.2) is 6.20 Å². The Labute approximate surface area is 116 Å². The SMILES string of the molecule is CS(=O)(=O)N1CCCC(Cn2cc(CBr)nn2)C1. The highest BCUT2D eigenvalue weighted by atomic mass is 79.9. The second kappa shape index (κ2) is 5.66. The Balaban J connectivity index is 1.97. The van der Waals surface area contributed by atoms with Crippen molar-refractivity contribution in [1.29, 1.82) is 0 Å². The molecule has 8 heteroatoms. The topological polar surface area (TPSA) is 68.1 Å². The van der Waals surface area contributed by atoms with E-state index in [1.165, 1.54) is 6.26 Å². The molecule has 1 aromatic heterocycles. The second-order valence-corrected chi connectivity index (χ2v) is 7.24. The van der Waals surface area contributed by atoms with Crippen LogP contribution < -0.4 is 0 Å². The minimum atomic E-state index is -3.07. The molecular weight excluding hydrogens is 320 g/mol. The van der Waals surface area contributed by atoms with Gasteiger partial charge in [0.1, 0.15) is 0 Å². The van der Waals surface area contributed by atoms with Gasteiger partial charge in [-0.05, 0) is 18.8 Å². The molecule has 0 aromatic carbocycles. The molecule has 6 nitrogen and oxygen atoms in total. The third-order valence-electron chi connectivity index (χ3n) is 3.12. The van der Waals surface area contributed by atoms with Gasteiger partial charge >= 0.3 is 0 Å². The number of alkyl halides is 1. The summed E-state index contributed by atoms with van der Waals surface area (Å²) in [6.45, 7) is 1.95. The second-order valence-electron chi connectivity index (χ2n) is 4.69. The maximum Gasteiger partial charge on any atom is 0.211 e. The number of piperidine rings is 1. The van der Waals surface area contributed by atoms with E-state index in [1.807, 2.05) is 6.20 Å². The van der Waals surface area contributed by atoms with Crippen molar-refractivity contribution >= 4 is 26.0 Å². The Morgan fingerprint density at radius 3 is 2.94 bits per heavy atom. The average molecular weight is 337 g/mol. The van der Waals surface area contributed by atoms with Crippen LogP contribution in [-0.4, -0.2) is 47.1 Å². The number of nitrogens with zero attached hydrogens (tertiary/aromatic N) is 4. The highest BCUT2D eigenvalue weighted by Crippen LogP contribution is 2.20. The molecule has 1 aromatic rings. The van der Waals surface area contributed by atoms with Crippen LogP contribution in [0, 0.1) is 5.92 Å². The zero-order chi connectivity index (χ0) is 13.2. The molecule has 1 atom stereocenters. The van der Waals surface area contributed by atoms with Gasteiger partial charge in [-0.25, -0.2) is 12.7 Å². The van der Waals surface area contributed by atoms with Gasteiger partial charge in [0.05, 0.1) is 11.9 Å². The van der Waals surface area contributed by atoms with Crippen molar-refractivity contribution in [1.82, 2.24) is 19.3 Å². The van der Waals surface area contributed by atoms with Crippen LogP contribution in [0.2, 0.25) is 0 Å². The maximum atomic E-state index is 11.5. The molecule has 0 amide bonds. The summed E-state index contributed by atoms with van der Waals surface area (Å²) in [4.78, 5) is 0. The van der Waals surface area contributed by atoms with E-state index in [-0.39, 0.29) is 0 Å². The summed E-state index contributed by atoms with van der Waals surface area (Å²) in [5, 5.41) is 8.73. The van der Waals surface area contributed by atoms with Gasteiger partial charge in [0, 0.05) is 31.2 Å². The zero-order valence-corrected chi connectivity index (χ0v) is 12.7. The molecule has 0 radical (unpaired) electrons. The molecule has 1 aliphatic rings. The molecule has 0 bridgehead atoms. The fourth-order valence-electron chi connectivity index (χ4n) is 2.23. The van der Waals surface area contributed by atoms with Gasteiger partial charge in [-0.2, -0.15) is 0 Å². The van der Waals surface area contributed by atoms with Crippen molar-refractivity contribution in [3.63, 3.8) is 0 Å². The van der Waals surface area contributed by atoms with Gasteiger partial charge in [0.2, 0.25) is 10.0 Å². The van der Waals surface area contributed by atoms with E-state index >= 15 is 0 Å². The minimum absolute atomic E-state index is 0.318. The Kier molecular flexibility index (Phi) is 4.39. The van der Waals surface area contributed by atoms with Gasteiger partial charge in [0.25, 0.3) is 0 Å². The molecule has 1 saturated heterocycles. The van der Waals surface area contributed by atoms with Crippen LogP contribution in [-0.2, 0) is 21.9 Å². The third-order valence-corrected chi connectivity index (χ3v) is 4.96. The summed E-state index contributed by atoms with van der Waals surface area (Å²) in [6.07, 6.45) is 5.12. The number of rotatable bonds is 4. The molecule has 0 N–H and O–H groups in total. The van der Waals surface area contributed by atoms with E-state index in [0.717, 1.165) is 25.1 Å². The van der Waals surface area contributed by atoms with E-state index in [1.54, 1.807) is 8.99 Å². The largest absolute Gasteiger partial charge is 0.252 e. The fourth-order valence-corrected chi connectivity index (χ4v) is 3.43. The lowest BCUT2D eigenvalue weighted by molar-refractivity contribution is 0.239. The van der Waals surface area contributed by atoms with Gasteiger partial charge in [-0.3, -0.25) is 4.68 Å². The normalized spacial score (nSPS) is 22.2. The van der Waals surface area contributed by atoms with Gasteiger partial charge in [-0.15, -0.1) is 5.10 Å². The molecule has 1 aliphatic heterocycles. The monoisotopic (exact) mass is 336 g/mol. The standard InChI is InChI=1S/C10H17BrN4O2S/c1-18(16,17)15-4-2-3-9(7-15)6-14-8-10(5-11)12-13-14/h8-9H,2-7H2,1H3. The summed E-state index contributed by atoms with van der Waals surface area (Å²) in [5.41, 5.74) is 0.894. The highest BCUT2D eigenvalue weighted by Gasteiger charge is 2.26. The summed E-state index contributed by atoms with van der Waals surface area (Å²) >= 11 is 3.33. The molecule has 18 heavy (non-hydrogen) atoms. The van der Waals surface area contributed by atoms with Gasteiger partial charge < -0.3 is 0 Å². The van der Waals surface area contributed by atoms with Crippen LogP contribution in [0.25, 0.3) is 0 Å². The molecular formula is C10H17BrN4O2S. The molecule has 0 aliphatic carbocycles. The predicted molar refractivity (Wildman–Crippen MR) is 71.8 cm³/mol. The first kappa shape index (κ1) is 14.0. The summed E-state index contributed by atoms with van der Waals surface area (Å²) in [6, 6.07) is 0. The zero-order valence-electron chi connectivity index (χ0n) is 10.3. The summed E-state index contributed by atoms with van der Waals surface area (Å²) < 4.78 is 26.4. The minimum Gasteiger partial charge on any atom is -0.252 e. The Morgan fingerprint density at radius 2 is 2.33 bits per heavy atom. The lowest BCUT2D eigenvalue weighted by atomic mass is 10.00. The molecule has 2 heterocycles. The average Bonchev–Trinajstić information content (AvgIpc) is 2.76. The van der Waals surface area contributed by atoms with E-state index in [4.69, 9.17) is 0 Å². The number of sulfonamides is 1. The fraction of sp³-hybridized carbons (Fsp3) is 0.800. The molecule has 1 unspecified atom stereocenters. The number of hydrogen-bond donors (Lipinski definition) is 0. The molecule has 1 fully saturated rings. The van der Waals surface area contributed by atoms with Crippen LogP contribution in [0.4, 0.5) is 0 Å². The van der Waals surface area contributed by atoms with Crippen molar-refractivity contribution < 1.29 is 8.42 Å². The highest BCUT2D eigenvalue weighted by molar-refractivity contribution is 9.08. The first-order valence-corrected chi connectivity index (χ1v) is 8.86. The molecule has 0 saturated carbocycles. The van der Waals surface area contributed by atoms with Gasteiger partial charge in [0.15, 0.2) is 0 Å². The van der Waals surface area contributed by atoms with E-state index in [9.17, 15) is 8.42 Å². The van der Waals surface area contributed by atoms with Crippen LogP contribution >= 0.6 is 15.9 Å². The third kappa shape index (κ3) is 3.52. The van der Waals surface area contributed by atoms with E-state index < -0.39 is 10.0 Å². The Bertz CT molecular complexity index is 502. The smallest absolute Gasteiger partial charge is 0.211 e. The van der Waals surface area contributed by atoms with Crippen molar-refractivity contribution in [2.24, 2.45) is 5.92 Å². The van der Waals surface area contributed by atoms with Crippen molar-refractivity contribution in [3.8, 4) is 0 Å². The Morgan fingerprint density at radius 1 is 1.56 bits per heavy atom. The lowest BCUT2D eigenvalue weighted by Crippen LogP contribution is -2.40. The van der Waals surface area contributed by atoms with Crippen molar-refractivity contribution in [3.05, 3.63) is 11.9 Å². The number of hydrogen-bond acceptors (Lipinski definition) is 4. The lowest BCUT2D eigenvalue weighted by Gasteiger charge is -2.30. The van der Waals surface area contributed by atoms with Crippen LogP contribution in [0.1, 0.15) is 18.5 Å². The molecule has 2 rings (SSSR count). The van der Waals surface area contributed by atoms with E-state index in [2.05, 4.69) is 26.2 Å². The number of halogens is 1. The van der Waals surface area contributed by atoms with Gasteiger partial charge in [-0.1, -0.05) is 21.1 Å². The molecule has 102 valence electrons. The quantitative estimate of drug-likeness (QED) is 0.764. The van der Waals surface area contributed by atoms with Crippen LogP contribution in [0.3, 0.4) is 0 Å². The molecule has 0 spiro atoms. The first-order chi connectivity index (χ1) is 8.49. The summed E-state index contributed by atoms with van der Waals surface area (Å²) in [7, 11) is -3.07. The summed E-state index contributed by atoms with van der Waals surface area (Å²) in [5.74, 6) is 0.318.